The van der Waals surface area contributed by atoms with E-state index in [1.807, 2.05) is 0 Å². The second kappa shape index (κ2) is 10.6. The van der Waals surface area contributed by atoms with Crippen LogP contribution < -0.4 is 10.2 Å². The van der Waals surface area contributed by atoms with Crippen LogP contribution in [-0.2, 0) is 9.53 Å². The van der Waals surface area contributed by atoms with Crippen LogP contribution in [0.3, 0.4) is 0 Å². The smallest absolute Gasteiger partial charge is 0.271 e. The number of hydrazone groups is 1. The molecule has 1 aliphatic rings. The van der Waals surface area contributed by atoms with Crippen LogP contribution in [0.15, 0.2) is 52.0 Å². The molecule has 0 saturated carbocycles. The minimum atomic E-state index is -0.538. The average molecular weight is 491 g/mol. The molecular formula is C20H19BrN4O6. The van der Waals surface area contributed by atoms with E-state index in [4.69, 9.17) is 9.47 Å². The van der Waals surface area contributed by atoms with Gasteiger partial charge in [-0.1, -0.05) is 0 Å². The zero-order chi connectivity index (χ0) is 22.2. The number of hydrogen-bond acceptors (Lipinski definition) is 7. The first kappa shape index (κ1) is 22.4. The van der Waals surface area contributed by atoms with E-state index in [1.54, 1.807) is 23.1 Å². The molecular weight excluding hydrogens is 472 g/mol. The van der Waals surface area contributed by atoms with E-state index in [-0.39, 0.29) is 23.8 Å². The normalized spacial score (nSPS) is 13.8. The predicted molar refractivity (Wildman–Crippen MR) is 115 cm³/mol. The fourth-order valence-corrected chi connectivity index (χ4v) is 3.23. The number of nitrogens with one attached hydrogen (secondary N) is 1. The van der Waals surface area contributed by atoms with Gasteiger partial charge in [0.2, 0.25) is 0 Å². The molecule has 1 aliphatic heterocycles. The van der Waals surface area contributed by atoms with E-state index in [0.717, 1.165) is 0 Å². The van der Waals surface area contributed by atoms with Crippen LogP contribution in [0.2, 0.25) is 0 Å². The molecule has 11 heteroatoms. The van der Waals surface area contributed by atoms with Crippen molar-refractivity contribution in [3.05, 3.63) is 68.2 Å². The Kier molecular flexibility index (Phi) is 7.68. The SMILES string of the molecule is O=C(NN=Cc1ccc(OCC(=O)N2CCOCC2)c(Br)c1)c1ccc([N+](=O)[O-])cc1. The highest BCUT2D eigenvalue weighted by molar-refractivity contribution is 9.10. The van der Waals surface area contributed by atoms with Crippen molar-refractivity contribution in [1.82, 2.24) is 10.3 Å². The lowest BCUT2D eigenvalue weighted by Gasteiger charge is -2.26. The molecule has 1 fully saturated rings. The molecule has 0 aromatic heterocycles. The monoisotopic (exact) mass is 490 g/mol. The summed E-state index contributed by atoms with van der Waals surface area (Å²) in [7, 11) is 0. The summed E-state index contributed by atoms with van der Waals surface area (Å²) < 4.78 is 11.5. The highest BCUT2D eigenvalue weighted by atomic mass is 79.9. The molecule has 31 heavy (non-hydrogen) atoms. The molecule has 1 saturated heterocycles. The Morgan fingerprint density at radius 3 is 2.58 bits per heavy atom. The van der Waals surface area contributed by atoms with Gasteiger partial charge in [-0.2, -0.15) is 5.10 Å². The van der Waals surface area contributed by atoms with Crippen LogP contribution in [-0.4, -0.2) is 60.8 Å². The van der Waals surface area contributed by atoms with Gasteiger partial charge >= 0.3 is 0 Å². The third kappa shape index (κ3) is 6.33. The quantitative estimate of drug-likeness (QED) is 0.361. The van der Waals surface area contributed by atoms with Gasteiger partial charge in [0, 0.05) is 30.8 Å². The fourth-order valence-electron chi connectivity index (χ4n) is 2.72. The minimum Gasteiger partial charge on any atom is -0.483 e. The summed E-state index contributed by atoms with van der Waals surface area (Å²) in [6, 6.07) is 10.3. The molecule has 10 nitrogen and oxygen atoms in total. The van der Waals surface area contributed by atoms with Crippen LogP contribution in [0.4, 0.5) is 5.69 Å². The van der Waals surface area contributed by atoms with E-state index in [2.05, 4.69) is 26.5 Å². The number of non-ortho nitro benzene ring substituents is 1. The zero-order valence-electron chi connectivity index (χ0n) is 16.3. The van der Waals surface area contributed by atoms with Gasteiger partial charge in [0.25, 0.3) is 17.5 Å². The first-order valence-electron chi connectivity index (χ1n) is 9.30. The number of benzene rings is 2. The third-order valence-corrected chi connectivity index (χ3v) is 5.01. The van der Waals surface area contributed by atoms with Crippen LogP contribution in [0.5, 0.6) is 5.75 Å². The largest absolute Gasteiger partial charge is 0.483 e. The van der Waals surface area contributed by atoms with Crippen molar-refractivity contribution in [3.8, 4) is 5.75 Å². The van der Waals surface area contributed by atoms with E-state index in [0.29, 0.717) is 42.1 Å². The number of nitrogens with zero attached hydrogens (tertiary/aromatic N) is 3. The second-order valence-corrected chi connectivity index (χ2v) is 7.33. The Labute approximate surface area is 186 Å². The lowest BCUT2D eigenvalue weighted by molar-refractivity contribution is -0.384. The van der Waals surface area contributed by atoms with Gasteiger partial charge in [0.1, 0.15) is 5.75 Å². The van der Waals surface area contributed by atoms with Gasteiger partial charge in [-0.3, -0.25) is 19.7 Å². The number of hydrogen-bond donors (Lipinski definition) is 1. The number of ether oxygens (including phenoxy) is 2. The highest BCUT2D eigenvalue weighted by Crippen LogP contribution is 2.25. The Balaban J connectivity index is 1.52. The van der Waals surface area contributed by atoms with Crippen LogP contribution >= 0.6 is 15.9 Å². The number of nitro groups is 1. The van der Waals surface area contributed by atoms with Crippen molar-refractivity contribution in [2.24, 2.45) is 5.10 Å². The van der Waals surface area contributed by atoms with Crippen molar-refractivity contribution >= 4 is 39.6 Å². The first-order chi connectivity index (χ1) is 14.9. The van der Waals surface area contributed by atoms with E-state index >= 15 is 0 Å². The third-order valence-electron chi connectivity index (χ3n) is 4.39. The van der Waals surface area contributed by atoms with Crippen molar-refractivity contribution in [2.75, 3.05) is 32.9 Å². The van der Waals surface area contributed by atoms with Crippen LogP contribution in [0.1, 0.15) is 15.9 Å². The van der Waals surface area contributed by atoms with E-state index in [9.17, 15) is 19.7 Å². The Morgan fingerprint density at radius 2 is 1.94 bits per heavy atom. The number of morpholine rings is 1. The first-order valence-corrected chi connectivity index (χ1v) is 10.1. The molecule has 0 aliphatic carbocycles. The molecule has 1 N–H and O–H groups in total. The van der Waals surface area contributed by atoms with E-state index < -0.39 is 10.8 Å². The molecule has 2 aromatic carbocycles. The van der Waals surface area contributed by atoms with Crippen molar-refractivity contribution < 1.29 is 24.0 Å². The van der Waals surface area contributed by atoms with E-state index in [1.165, 1.54) is 30.5 Å². The molecule has 0 atom stereocenters. The van der Waals surface area contributed by atoms with Gasteiger partial charge in [-0.05, 0) is 51.8 Å². The van der Waals surface area contributed by atoms with Gasteiger partial charge < -0.3 is 14.4 Å². The van der Waals surface area contributed by atoms with Gasteiger partial charge in [0.15, 0.2) is 6.61 Å². The van der Waals surface area contributed by atoms with Crippen molar-refractivity contribution in [2.45, 2.75) is 0 Å². The van der Waals surface area contributed by atoms with Crippen molar-refractivity contribution in [1.29, 1.82) is 0 Å². The summed E-state index contributed by atoms with van der Waals surface area (Å²) >= 11 is 3.40. The minimum absolute atomic E-state index is 0.0721. The molecule has 1 heterocycles. The number of rotatable bonds is 7. The maximum atomic E-state index is 12.2. The molecule has 3 rings (SSSR count). The maximum absolute atomic E-state index is 12.2. The number of nitro benzene ring substituents is 1. The summed E-state index contributed by atoms with van der Waals surface area (Å²) in [5, 5.41) is 14.5. The molecule has 0 bridgehead atoms. The lowest BCUT2D eigenvalue weighted by atomic mass is 10.2. The molecule has 162 valence electrons. The van der Waals surface area contributed by atoms with Crippen LogP contribution in [0.25, 0.3) is 0 Å². The standard InChI is InChI=1S/C20H19BrN4O6/c21-17-11-14(1-6-18(17)31-13-19(26)24-7-9-30-10-8-24)12-22-23-20(27)15-2-4-16(5-3-15)25(28)29/h1-6,11-12H,7-10,13H2,(H,23,27). The van der Waals surface area contributed by atoms with Gasteiger partial charge in [-0.25, -0.2) is 5.43 Å². The number of carbonyl (C=O) groups excluding carboxylic acids is 2. The Morgan fingerprint density at radius 1 is 1.23 bits per heavy atom. The topological polar surface area (TPSA) is 123 Å². The van der Waals surface area contributed by atoms with Gasteiger partial charge in [-0.15, -0.1) is 0 Å². The lowest BCUT2D eigenvalue weighted by Crippen LogP contribution is -2.43. The summed E-state index contributed by atoms with van der Waals surface area (Å²) in [4.78, 5) is 36.0. The average Bonchev–Trinajstić information content (AvgIpc) is 2.79. The second-order valence-electron chi connectivity index (χ2n) is 6.47. The Hall–Kier alpha value is -3.31. The highest BCUT2D eigenvalue weighted by Gasteiger charge is 2.17. The number of halogens is 1. The molecule has 0 unspecified atom stereocenters. The summed E-state index contributed by atoms with van der Waals surface area (Å²) in [5.74, 6) is -0.0877. The molecule has 0 radical (unpaired) electrons. The van der Waals surface area contributed by atoms with Crippen molar-refractivity contribution in [3.63, 3.8) is 0 Å². The maximum Gasteiger partial charge on any atom is 0.271 e. The number of amides is 2. The molecule has 0 spiro atoms. The van der Waals surface area contributed by atoms with Gasteiger partial charge in [0.05, 0.1) is 28.8 Å². The molecule has 2 amide bonds. The predicted octanol–water partition coefficient (Wildman–Crippen LogP) is 2.36. The Bertz CT molecular complexity index is 990. The summed E-state index contributed by atoms with van der Waals surface area (Å²) in [6.45, 7) is 2.11. The number of carbonyl (C=O) groups is 2. The fraction of sp³-hybridized carbons (Fsp3) is 0.250. The summed E-state index contributed by atoms with van der Waals surface area (Å²) in [5.41, 5.74) is 3.19. The summed E-state index contributed by atoms with van der Waals surface area (Å²) in [6.07, 6.45) is 1.44. The van der Waals surface area contributed by atoms with Crippen LogP contribution in [0, 0.1) is 10.1 Å². The molecule has 2 aromatic rings. The zero-order valence-corrected chi connectivity index (χ0v) is 17.9.